The standard InChI is InChI=1S/C12H8Br2S2/c13-9-3-1-5-11(7-9)15-16-12-6-2-4-10(14)8-12/h1-8H. The van der Waals surface area contributed by atoms with Gasteiger partial charge < -0.3 is 0 Å². The van der Waals surface area contributed by atoms with Crippen molar-refractivity contribution in [2.24, 2.45) is 0 Å². The quantitative estimate of drug-likeness (QED) is 0.602. The van der Waals surface area contributed by atoms with E-state index >= 15 is 0 Å². The second-order valence-corrected chi connectivity index (χ2v) is 7.19. The number of rotatable bonds is 3. The molecular weight excluding hydrogens is 368 g/mol. The molecule has 0 aliphatic heterocycles. The normalized spacial score (nSPS) is 10.4. The third kappa shape index (κ3) is 3.84. The fraction of sp³-hybridized carbons (Fsp3) is 0. The summed E-state index contributed by atoms with van der Waals surface area (Å²) >= 11 is 6.94. The fourth-order valence-corrected chi connectivity index (χ4v) is 4.25. The summed E-state index contributed by atoms with van der Waals surface area (Å²) < 4.78 is 2.24. The molecule has 0 nitrogen and oxygen atoms in total. The molecule has 0 unspecified atom stereocenters. The van der Waals surface area contributed by atoms with Gasteiger partial charge in [-0.2, -0.15) is 0 Å². The molecule has 0 aromatic heterocycles. The van der Waals surface area contributed by atoms with Crippen LogP contribution in [0.5, 0.6) is 0 Å². The van der Waals surface area contributed by atoms with E-state index in [0.29, 0.717) is 0 Å². The van der Waals surface area contributed by atoms with Crippen molar-refractivity contribution in [3.63, 3.8) is 0 Å². The van der Waals surface area contributed by atoms with Crippen molar-refractivity contribution in [2.75, 3.05) is 0 Å². The minimum Gasteiger partial charge on any atom is -0.0600 e. The van der Waals surface area contributed by atoms with Crippen molar-refractivity contribution >= 4 is 53.4 Å². The first-order valence-electron chi connectivity index (χ1n) is 4.60. The van der Waals surface area contributed by atoms with E-state index in [1.54, 1.807) is 21.6 Å². The summed E-state index contributed by atoms with van der Waals surface area (Å²) in [6.07, 6.45) is 0. The molecule has 0 bridgehead atoms. The molecule has 0 saturated carbocycles. The van der Waals surface area contributed by atoms with Crippen molar-refractivity contribution < 1.29 is 0 Å². The smallest absolute Gasteiger partial charge is 0.0197 e. The van der Waals surface area contributed by atoms with Crippen LogP contribution >= 0.6 is 53.4 Å². The molecule has 0 heterocycles. The second-order valence-electron chi connectivity index (χ2n) is 3.08. The topological polar surface area (TPSA) is 0 Å². The van der Waals surface area contributed by atoms with Crippen LogP contribution < -0.4 is 0 Å². The van der Waals surface area contributed by atoms with Crippen LogP contribution in [0.25, 0.3) is 0 Å². The average Bonchev–Trinajstić information content (AvgIpc) is 2.27. The Morgan fingerprint density at radius 1 is 0.688 bits per heavy atom. The molecule has 2 rings (SSSR count). The lowest BCUT2D eigenvalue weighted by molar-refractivity contribution is 1.44. The third-order valence-electron chi connectivity index (χ3n) is 1.83. The SMILES string of the molecule is Brc1cccc(SSc2cccc(Br)c2)c1. The summed E-state index contributed by atoms with van der Waals surface area (Å²) in [5.41, 5.74) is 0. The molecule has 0 N–H and O–H groups in total. The molecule has 0 aliphatic rings. The summed E-state index contributed by atoms with van der Waals surface area (Å²) in [5.74, 6) is 0. The highest BCUT2D eigenvalue weighted by Gasteiger charge is 1.98. The van der Waals surface area contributed by atoms with E-state index in [-0.39, 0.29) is 0 Å². The van der Waals surface area contributed by atoms with Crippen LogP contribution in [0.4, 0.5) is 0 Å². The summed E-state index contributed by atoms with van der Waals surface area (Å²) in [5, 5.41) is 0. The Balaban J connectivity index is 2.02. The highest BCUT2D eigenvalue weighted by molar-refractivity contribution is 9.10. The molecule has 4 heteroatoms. The van der Waals surface area contributed by atoms with Crippen molar-refractivity contribution in [3.05, 3.63) is 57.5 Å². The van der Waals surface area contributed by atoms with Gasteiger partial charge in [0.1, 0.15) is 0 Å². The summed E-state index contributed by atoms with van der Waals surface area (Å²) in [4.78, 5) is 2.50. The predicted molar refractivity (Wildman–Crippen MR) is 80.0 cm³/mol. The van der Waals surface area contributed by atoms with E-state index in [4.69, 9.17) is 0 Å². The maximum absolute atomic E-state index is 3.47. The molecule has 2 aromatic carbocycles. The number of hydrogen-bond acceptors (Lipinski definition) is 2. The Kier molecular flexibility index (Phi) is 4.82. The van der Waals surface area contributed by atoms with Gasteiger partial charge in [0, 0.05) is 18.7 Å². The van der Waals surface area contributed by atoms with Crippen LogP contribution in [0, 0.1) is 0 Å². The minimum absolute atomic E-state index is 1.12. The van der Waals surface area contributed by atoms with E-state index in [1.807, 2.05) is 24.3 Å². The van der Waals surface area contributed by atoms with Gasteiger partial charge in [0.05, 0.1) is 0 Å². The molecule has 0 aliphatic carbocycles. The van der Waals surface area contributed by atoms with Crippen LogP contribution in [0.1, 0.15) is 0 Å². The molecule has 0 radical (unpaired) electrons. The average molecular weight is 376 g/mol. The first kappa shape index (κ1) is 12.6. The van der Waals surface area contributed by atoms with Gasteiger partial charge in [-0.15, -0.1) is 0 Å². The van der Waals surface area contributed by atoms with Gasteiger partial charge in [0.15, 0.2) is 0 Å². The fourth-order valence-electron chi connectivity index (χ4n) is 1.13. The van der Waals surface area contributed by atoms with Crippen LogP contribution in [0.15, 0.2) is 67.3 Å². The molecule has 0 saturated heterocycles. The zero-order valence-electron chi connectivity index (χ0n) is 8.19. The molecule has 0 atom stereocenters. The number of benzene rings is 2. The van der Waals surface area contributed by atoms with Crippen LogP contribution in [0.2, 0.25) is 0 Å². The van der Waals surface area contributed by atoms with Gasteiger partial charge in [-0.1, -0.05) is 65.6 Å². The highest BCUT2D eigenvalue weighted by Crippen LogP contribution is 2.38. The Morgan fingerprint density at radius 3 is 1.50 bits per heavy atom. The first-order chi connectivity index (χ1) is 7.74. The molecule has 0 spiro atoms. The first-order valence-corrected chi connectivity index (χ1v) is 8.33. The van der Waals surface area contributed by atoms with Gasteiger partial charge in [0.25, 0.3) is 0 Å². The molecule has 0 fully saturated rings. The Labute approximate surface area is 120 Å². The second kappa shape index (κ2) is 6.15. The number of hydrogen-bond donors (Lipinski definition) is 0. The van der Waals surface area contributed by atoms with E-state index in [2.05, 4.69) is 56.1 Å². The maximum atomic E-state index is 3.47. The molecule has 2 aromatic rings. The van der Waals surface area contributed by atoms with Crippen molar-refractivity contribution in [1.82, 2.24) is 0 Å². The highest BCUT2D eigenvalue weighted by atomic mass is 79.9. The predicted octanol–water partition coefficient (Wildman–Crippen LogP) is 6.01. The molecule has 16 heavy (non-hydrogen) atoms. The van der Waals surface area contributed by atoms with Crippen LogP contribution in [-0.4, -0.2) is 0 Å². The van der Waals surface area contributed by atoms with E-state index in [9.17, 15) is 0 Å². The van der Waals surface area contributed by atoms with Gasteiger partial charge in [-0.25, -0.2) is 0 Å². The van der Waals surface area contributed by atoms with Crippen LogP contribution in [0.3, 0.4) is 0 Å². The van der Waals surface area contributed by atoms with Crippen molar-refractivity contribution in [3.8, 4) is 0 Å². The summed E-state index contributed by atoms with van der Waals surface area (Å²) in [7, 11) is 3.52. The van der Waals surface area contributed by atoms with E-state index in [0.717, 1.165) is 8.95 Å². The van der Waals surface area contributed by atoms with Gasteiger partial charge in [0.2, 0.25) is 0 Å². The van der Waals surface area contributed by atoms with Crippen LogP contribution in [-0.2, 0) is 0 Å². The Hall–Kier alpha value is 0.1000. The van der Waals surface area contributed by atoms with Gasteiger partial charge in [-0.05, 0) is 36.4 Å². The lowest BCUT2D eigenvalue weighted by Crippen LogP contribution is -1.70. The molecular formula is C12H8Br2S2. The summed E-state index contributed by atoms with van der Waals surface area (Å²) in [6.45, 7) is 0. The third-order valence-corrected chi connectivity index (χ3v) is 5.19. The monoisotopic (exact) mass is 374 g/mol. The lowest BCUT2D eigenvalue weighted by Gasteiger charge is -2.02. The Bertz CT molecular complexity index is 440. The maximum Gasteiger partial charge on any atom is 0.0197 e. The zero-order valence-corrected chi connectivity index (χ0v) is 13.0. The Morgan fingerprint density at radius 2 is 1.12 bits per heavy atom. The van der Waals surface area contributed by atoms with E-state index in [1.165, 1.54) is 9.79 Å². The molecule has 0 amide bonds. The number of halogens is 2. The van der Waals surface area contributed by atoms with Crippen molar-refractivity contribution in [1.29, 1.82) is 0 Å². The van der Waals surface area contributed by atoms with Gasteiger partial charge >= 0.3 is 0 Å². The van der Waals surface area contributed by atoms with Gasteiger partial charge in [-0.3, -0.25) is 0 Å². The summed E-state index contributed by atoms with van der Waals surface area (Å²) in [6, 6.07) is 16.6. The minimum atomic E-state index is 1.12. The lowest BCUT2D eigenvalue weighted by atomic mass is 10.4. The zero-order chi connectivity index (χ0) is 11.4. The molecule has 82 valence electrons. The van der Waals surface area contributed by atoms with E-state index < -0.39 is 0 Å². The largest absolute Gasteiger partial charge is 0.0600 e. The van der Waals surface area contributed by atoms with Crippen molar-refractivity contribution in [2.45, 2.75) is 9.79 Å².